The summed E-state index contributed by atoms with van der Waals surface area (Å²) in [6, 6.07) is 4.92. The number of carbonyl (C=O) groups is 1. The summed E-state index contributed by atoms with van der Waals surface area (Å²) in [6.45, 7) is 10.9. The molecule has 1 saturated carbocycles. The van der Waals surface area contributed by atoms with Crippen LogP contribution in [0.5, 0.6) is 5.75 Å². The average Bonchev–Trinajstić information content (AvgIpc) is 2.86. The highest BCUT2D eigenvalue weighted by Gasteiger charge is 2.61. The maximum absolute atomic E-state index is 11.5. The minimum atomic E-state index is -1.13. The van der Waals surface area contributed by atoms with Crippen molar-refractivity contribution in [1.82, 2.24) is 0 Å². The first-order valence-corrected chi connectivity index (χ1v) is 11.5. The van der Waals surface area contributed by atoms with Crippen LogP contribution >= 0.6 is 0 Å². The number of benzene rings is 1. The summed E-state index contributed by atoms with van der Waals surface area (Å²) in [5.41, 5.74) is 2.34. The molecule has 0 radical (unpaired) electrons. The van der Waals surface area contributed by atoms with Crippen LogP contribution < -0.4 is 0 Å². The molecule has 0 amide bonds. The van der Waals surface area contributed by atoms with Gasteiger partial charge in [-0.25, -0.2) is 4.79 Å². The predicted octanol–water partition coefficient (Wildman–Crippen LogP) is 4.54. The number of rotatable bonds is 3. The van der Waals surface area contributed by atoms with E-state index in [0.29, 0.717) is 24.8 Å². The highest BCUT2D eigenvalue weighted by molar-refractivity contribution is 5.91. The van der Waals surface area contributed by atoms with Crippen molar-refractivity contribution in [2.45, 2.75) is 78.9 Å². The molecule has 4 N–H and O–H groups in total. The van der Waals surface area contributed by atoms with E-state index in [2.05, 4.69) is 34.6 Å². The molecular formula is C26H36O5. The van der Waals surface area contributed by atoms with E-state index in [4.69, 9.17) is 0 Å². The van der Waals surface area contributed by atoms with Gasteiger partial charge in [0.05, 0.1) is 12.2 Å². The Labute approximate surface area is 184 Å². The second-order valence-electron chi connectivity index (χ2n) is 11.2. The SMILES string of the molecule is CC1CC(O)C2=C(CCC3(C)C2CC(O)C3(C)C)C1(C)Cc1cccc(C(=O)O)c1O. The van der Waals surface area contributed by atoms with Crippen molar-refractivity contribution >= 4 is 5.97 Å². The zero-order valence-corrected chi connectivity index (χ0v) is 19.3. The van der Waals surface area contributed by atoms with Gasteiger partial charge in [-0.05, 0) is 77.4 Å². The molecule has 1 aromatic rings. The summed E-state index contributed by atoms with van der Waals surface area (Å²) in [6.07, 6.45) is 2.74. The van der Waals surface area contributed by atoms with Crippen molar-refractivity contribution in [3.63, 3.8) is 0 Å². The van der Waals surface area contributed by atoms with Crippen LogP contribution in [-0.2, 0) is 6.42 Å². The summed E-state index contributed by atoms with van der Waals surface area (Å²) < 4.78 is 0. The fraction of sp³-hybridized carbons (Fsp3) is 0.654. The molecule has 5 heteroatoms. The fourth-order valence-corrected chi connectivity index (χ4v) is 6.96. The molecule has 4 rings (SSSR count). The van der Waals surface area contributed by atoms with Crippen molar-refractivity contribution in [3.8, 4) is 5.75 Å². The largest absolute Gasteiger partial charge is 0.507 e. The van der Waals surface area contributed by atoms with Crippen LogP contribution in [-0.4, -0.2) is 38.6 Å². The van der Waals surface area contributed by atoms with Gasteiger partial charge >= 0.3 is 5.97 Å². The Balaban J connectivity index is 1.81. The van der Waals surface area contributed by atoms with Crippen molar-refractivity contribution in [1.29, 1.82) is 0 Å². The number of aromatic carboxylic acids is 1. The van der Waals surface area contributed by atoms with Crippen molar-refractivity contribution in [3.05, 3.63) is 40.5 Å². The molecule has 0 heterocycles. The minimum absolute atomic E-state index is 0.0704. The second kappa shape index (κ2) is 7.08. The number of hydrogen-bond acceptors (Lipinski definition) is 4. The van der Waals surface area contributed by atoms with Gasteiger partial charge in [0.1, 0.15) is 11.3 Å². The smallest absolute Gasteiger partial charge is 0.339 e. The van der Waals surface area contributed by atoms with Gasteiger partial charge in [-0.3, -0.25) is 0 Å². The van der Waals surface area contributed by atoms with Gasteiger partial charge in [0, 0.05) is 0 Å². The number of aliphatic hydroxyl groups is 2. The van der Waals surface area contributed by atoms with E-state index >= 15 is 0 Å². The third-order valence-corrected chi connectivity index (χ3v) is 9.77. The van der Waals surface area contributed by atoms with E-state index < -0.39 is 18.2 Å². The number of carboxylic acids is 1. The summed E-state index contributed by atoms with van der Waals surface area (Å²) in [5, 5.41) is 42.1. The lowest BCUT2D eigenvalue weighted by atomic mass is 9.50. The van der Waals surface area contributed by atoms with Crippen LogP contribution in [0.25, 0.3) is 0 Å². The van der Waals surface area contributed by atoms with E-state index in [1.54, 1.807) is 12.1 Å². The van der Waals surface area contributed by atoms with Gasteiger partial charge < -0.3 is 20.4 Å². The molecule has 1 aromatic carbocycles. The van der Waals surface area contributed by atoms with Crippen LogP contribution in [0, 0.1) is 28.1 Å². The van der Waals surface area contributed by atoms with Gasteiger partial charge in [-0.2, -0.15) is 0 Å². The van der Waals surface area contributed by atoms with E-state index in [1.165, 1.54) is 11.6 Å². The number of aromatic hydroxyl groups is 1. The van der Waals surface area contributed by atoms with Crippen LogP contribution in [0.3, 0.4) is 0 Å². The van der Waals surface area contributed by atoms with Crippen LogP contribution in [0.4, 0.5) is 0 Å². The Bertz CT molecular complexity index is 947. The molecule has 170 valence electrons. The number of allylic oxidation sites excluding steroid dienone is 1. The third-order valence-electron chi connectivity index (χ3n) is 9.77. The van der Waals surface area contributed by atoms with Crippen molar-refractivity contribution in [2.75, 3.05) is 0 Å². The quantitative estimate of drug-likeness (QED) is 0.530. The van der Waals surface area contributed by atoms with Crippen LogP contribution in [0.2, 0.25) is 0 Å². The molecule has 0 saturated heterocycles. The lowest BCUT2D eigenvalue weighted by molar-refractivity contribution is -0.0133. The Morgan fingerprint density at radius 2 is 1.81 bits per heavy atom. The maximum atomic E-state index is 11.5. The number of phenols is 1. The first kappa shape index (κ1) is 22.3. The first-order chi connectivity index (χ1) is 14.3. The monoisotopic (exact) mass is 428 g/mol. The van der Waals surface area contributed by atoms with Gasteiger partial charge in [0.15, 0.2) is 0 Å². The average molecular weight is 429 g/mol. The van der Waals surface area contributed by atoms with Gasteiger partial charge in [-0.15, -0.1) is 0 Å². The number of carboxylic acid groups (broad SMARTS) is 1. The number of para-hydroxylation sites is 1. The number of fused-ring (bicyclic) bond motifs is 2. The zero-order valence-electron chi connectivity index (χ0n) is 19.3. The van der Waals surface area contributed by atoms with E-state index in [1.807, 2.05) is 0 Å². The molecule has 6 atom stereocenters. The molecule has 0 spiro atoms. The molecule has 5 nitrogen and oxygen atoms in total. The predicted molar refractivity (Wildman–Crippen MR) is 119 cm³/mol. The standard InChI is InChI=1S/C26H36O5/c1-14-11-19(27)21-17(9-10-26(5)18(21)12-20(28)24(26,2)3)25(14,4)13-15-7-6-8-16(22(15)29)23(30)31/h6-8,14,18-20,27-29H,9-13H2,1-5H3,(H,30,31). The summed E-state index contributed by atoms with van der Waals surface area (Å²) in [5.74, 6) is -0.971. The third kappa shape index (κ3) is 3.00. The van der Waals surface area contributed by atoms with Crippen molar-refractivity contribution < 1.29 is 25.2 Å². The Morgan fingerprint density at radius 3 is 2.45 bits per heavy atom. The van der Waals surface area contributed by atoms with Gasteiger partial charge in [0.25, 0.3) is 0 Å². The lowest BCUT2D eigenvalue weighted by Gasteiger charge is -2.54. The molecular weight excluding hydrogens is 392 g/mol. The molecule has 6 unspecified atom stereocenters. The van der Waals surface area contributed by atoms with Crippen LogP contribution in [0.15, 0.2) is 29.3 Å². The Morgan fingerprint density at radius 1 is 1.13 bits per heavy atom. The van der Waals surface area contributed by atoms with Crippen molar-refractivity contribution in [2.24, 2.45) is 28.1 Å². The molecule has 0 aliphatic heterocycles. The first-order valence-electron chi connectivity index (χ1n) is 11.5. The van der Waals surface area contributed by atoms with E-state index in [-0.39, 0.29) is 39.4 Å². The lowest BCUT2D eigenvalue weighted by Crippen LogP contribution is -2.48. The minimum Gasteiger partial charge on any atom is -0.507 e. The maximum Gasteiger partial charge on any atom is 0.339 e. The zero-order chi connectivity index (χ0) is 22.9. The molecule has 31 heavy (non-hydrogen) atoms. The summed E-state index contributed by atoms with van der Waals surface area (Å²) >= 11 is 0. The normalized spacial score (nSPS) is 39.2. The number of aliphatic hydroxyl groups excluding tert-OH is 2. The van der Waals surface area contributed by atoms with E-state index in [9.17, 15) is 25.2 Å². The highest BCUT2D eigenvalue weighted by atomic mass is 16.4. The molecule has 1 fully saturated rings. The van der Waals surface area contributed by atoms with Crippen LogP contribution in [0.1, 0.15) is 76.2 Å². The molecule has 3 aliphatic carbocycles. The van der Waals surface area contributed by atoms with Gasteiger partial charge in [-0.1, -0.05) is 52.3 Å². The molecule has 3 aliphatic rings. The fourth-order valence-electron chi connectivity index (χ4n) is 6.96. The summed E-state index contributed by atoms with van der Waals surface area (Å²) in [7, 11) is 0. The number of hydrogen-bond donors (Lipinski definition) is 4. The Kier molecular flexibility index (Phi) is 5.10. The molecule has 0 bridgehead atoms. The highest BCUT2D eigenvalue weighted by Crippen LogP contribution is 2.67. The summed E-state index contributed by atoms with van der Waals surface area (Å²) in [4.78, 5) is 11.5. The Hall–Kier alpha value is -1.85. The van der Waals surface area contributed by atoms with Gasteiger partial charge in [0.2, 0.25) is 0 Å². The second-order valence-corrected chi connectivity index (χ2v) is 11.2. The molecule has 0 aromatic heterocycles. The van der Waals surface area contributed by atoms with E-state index in [0.717, 1.165) is 18.4 Å². The topological polar surface area (TPSA) is 98.0 Å².